The molecule has 0 unspecified atom stereocenters. The lowest BCUT2D eigenvalue weighted by Crippen LogP contribution is -2.28. The van der Waals surface area contributed by atoms with Gasteiger partial charge in [-0.1, -0.05) is 6.07 Å². The average Bonchev–Trinajstić information content (AvgIpc) is 2.33. The molecule has 0 spiro atoms. The van der Waals surface area contributed by atoms with Gasteiger partial charge in [0.1, 0.15) is 0 Å². The maximum atomic E-state index is 11.7. The largest absolute Gasteiger partial charge is 0.481 e. The first-order chi connectivity index (χ1) is 8.40. The molecule has 1 heterocycles. The van der Waals surface area contributed by atoms with Crippen LogP contribution in [-0.2, 0) is 11.3 Å². The zero-order chi connectivity index (χ0) is 13.6. The second kappa shape index (κ2) is 6.08. The lowest BCUT2D eigenvalue weighted by molar-refractivity contribution is -0.160. The van der Waals surface area contributed by atoms with Crippen molar-refractivity contribution in [3.63, 3.8) is 0 Å². The fourth-order valence-corrected chi connectivity index (χ4v) is 1.01. The number of aromatic nitrogens is 1. The highest BCUT2D eigenvalue weighted by atomic mass is 19.4. The van der Waals surface area contributed by atoms with Gasteiger partial charge in [0.25, 0.3) is 0 Å². The van der Waals surface area contributed by atoms with E-state index in [4.69, 9.17) is 4.74 Å². The van der Waals surface area contributed by atoms with E-state index in [0.29, 0.717) is 11.4 Å². The third kappa shape index (κ3) is 5.37. The van der Waals surface area contributed by atoms with Gasteiger partial charge in [-0.05, 0) is 5.56 Å². The van der Waals surface area contributed by atoms with Crippen molar-refractivity contribution in [1.82, 2.24) is 10.3 Å². The molecule has 100 valence electrons. The Labute approximate surface area is 101 Å². The molecule has 1 aromatic rings. The summed E-state index contributed by atoms with van der Waals surface area (Å²) >= 11 is 0. The SMILES string of the molecule is COc1ccc(CNC(=O)OCC(F)(F)F)cn1. The molecule has 18 heavy (non-hydrogen) atoms. The molecule has 1 aromatic heterocycles. The molecule has 0 saturated heterocycles. The number of alkyl halides is 3. The van der Waals surface area contributed by atoms with E-state index in [1.165, 1.54) is 13.3 Å². The highest BCUT2D eigenvalue weighted by Gasteiger charge is 2.29. The summed E-state index contributed by atoms with van der Waals surface area (Å²) in [7, 11) is 1.45. The van der Waals surface area contributed by atoms with Gasteiger partial charge in [-0.3, -0.25) is 0 Å². The third-order valence-electron chi connectivity index (χ3n) is 1.81. The number of hydrogen-bond donors (Lipinski definition) is 1. The number of pyridine rings is 1. The Bertz CT molecular complexity index is 392. The first kappa shape index (κ1) is 14.1. The van der Waals surface area contributed by atoms with E-state index in [1.54, 1.807) is 12.1 Å². The molecule has 1 N–H and O–H groups in total. The molecule has 8 heteroatoms. The summed E-state index contributed by atoms with van der Waals surface area (Å²) in [5.41, 5.74) is 0.611. The maximum Gasteiger partial charge on any atom is 0.422 e. The Balaban J connectivity index is 2.33. The minimum Gasteiger partial charge on any atom is -0.481 e. The summed E-state index contributed by atoms with van der Waals surface area (Å²) in [4.78, 5) is 14.8. The van der Waals surface area contributed by atoms with Gasteiger partial charge in [-0.25, -0.2) is 9.78 Å². The Morgan fingerprint density at radius 2 is 2.17 bits per heavy atom. The van der Waals surface area contributed by atoms with Gasteiger partial charge in [-0.2, -0.15) is 13.2 Å². The van der Waals surface area contributed by atoms with Crippen molar-refractivity contribution in [2.75, 3.05) is 13.7 Å². The van der Waals surface area contributed by atoms with Crippen LogP contribution >= 0.6 is 0 Å². The molecule has 1 rings (SSSR count). The van der Waals surface area contributed by atoms with Gasteiger partial charge in [0, 0.05) is 18.8 Å². The molecule has 1 amide bonds. The van der Waals surface area contributed by atoms with Crippen LogP contribution in [0, 0.1) is 0 Å². The number of halogens is 3. The number of carbonyl (C=O) groups excluding carboxylic acids is 1. The third-order valence-corrected chi connectivity index (χ3v) is 1.81. The lowest BCUT2D eigenvalue weighted by atomic mass is 10.3. The average molecular weight is 264 g/mol. The quantitative estimate of drug-likeness (QED) is 0.902. The molecule has 0 aliphatic heterocycles. The summed E-state index contributed by atoms with van der Waals surface area (Å²) in [5.74, 6) is 0.401. The number of nitrogens with zero attached hydrogens (tertiary/aromatic N) is 1. The molecule has 0 bridgehead atoms. The first-order valence-corrected chi connectivity index (χ1v) is 4.87. The summed E-state index contributed by atoms with van der Waals surface area (Å²) in [6, 6.07) is 3.19. The van der Waals surface area contributed by atoms with Gasteiger partial charge >= 0.3 is 12.3 Å². The second-order valence-electron chi connectivity index (χ2n) is 3.25. The molecule has 0 radical (unpaired) electrons. The monoisotopic (exact) mass is 264 g/mol. The number of carbonyl (C=O) groups is 1. The summed E-state index contributed by atoms with van der Waals surface area (Å²) in [6.45, 7) is -1.59. The molecule has 0 aromatic carbocycles. The number of methoxy groups -OCH3 is 1. The molecular formula is C10H11F3N2O3. The zero-order valence-corrected chi connectivity index (χ0v) is 9.45. The van der Waals surface area contributed by atoms with Crippen LogP contribution in [0.15, 0.2) is 18.3 Å². The fraction of sp³-hybridized carbons (Fsp3) is 0.400. The normalized spacial score (nSPS) is 10.9. The van der Waals surface area contributed by atoms with Gasteiger partial charge in [-0.15, -0.1) is 0 Å². The Kier molecular flexibility index (Phi) is 4.75. The van der Waals surface area contributed by atoms with Crippen LogP contribution in [0.5, 0.6) is 5.88 Å². The Morgan fingerprint density at radius 3 is 2.67 bits per heavy atom. The topological polar surface area (TPSA) is 60.5 Å². The van der Waals surface area contributed by atoms with Crippen LogP contribution in [0.25, 0.3) is 0 Å². The van der Waals surface area contributed by atoms with Crippen LogP contribution < -0.4 is 10.1 Å². The summed E-state index contributed by atoms with van der Waals surface area (Å²) in [6.07, 6.45) is -4.23. The number of ether oxygens (including phenoxy) is 2. The number of rotatable bonds is 4. The zero-order valence-electron chi connectivity index (χ0n) is 9.45. The lowest BCUT2D eigenvalue weighted by Gasteiger charge is -2.09. The highest BCUT2D eigenvalue weighted by molar-refractivity contribution is 5.67. The van der Waals surface area contributed by atoms with Gasteiger partial charge in [0.05, 0.1) is 7.11 Å². The summed E-state index contributed by atoms with van der Waals surface area (Å²) < 4.78 is 44.0. The molecule has 0 fully saturated rings. The van der Waals surface area contributed by atoms with Crippen LogP contribution in [0.3, 0.4) is 0 Å². The van der Waals surface area contributed by atoms with Gasteiger partial charge in [0.15, 0.2) is 6.61 Å². The van der Waals surface area contributed by atoms with Crippen molar-refractivity contribution < 1.29 is 27.4 Å². The molecule has 0 atom stereocenters. The van der Waals surface area contributed by atoms with E-state index in [0.717, 1.165) is 0 Å². The van der Waals surface area contributed by atoms with Gasteiger partial charge in [0.2, 0.25) is 5.88 Å². The van der Waals surface area contributed by atoms with E-state index >= 15 is 0 Å². The predicted octanol–water partition coefficient (Wildman–Crippen LogP) is 1.88. The van der Waals surface area contributed by atoms with Crippen LogP contribution in [0.2, 0.25) is 0 Å². The minimum atomic E-state index is -4.53. The molecule has 0 aliphatic carbocycles. The predicted molar refractivity (Wildman–Crippen MR) is 55.0 cm³/mol. The van der Waals surface area contributed by atoms with E-state index in [-0.39, 0.29) is 6.54 Å². The number of nitrogens with one attached hydrogen (secondary N) is 1. The van der Waals surface area contributed by atoms with Crippen LogP contribution in [-0.4, -0.2) is 31.0 Å². The van der Waals surface area contributed by atoms with E-state index in [2.05, 4.69) is 15.0 Å². The second-order valence-corrected chi connectivity index (χ2v) is 3.25. The van der Waals surface area contributed by atoms with E-state index in [9.17, 15) is 18.0 Å². The van der Waals surface area contributed by atoms with Crippen molar-refractivity contribution in [2.24, 2.45) is 0 Å². The Morgan fingerprint density at radius 1 is 1.44 bits per heavy atom. The van der Waals surface area contributed by atoms with Crippen molar-refractivity contribution >= 4 is 6.09 Å². The number of hydrogen-bond acceptors (Lipinski definition) is 4. The van der Waals surface area contributed by atoms with Crippen LogP contribution in [0.4, 0.5) is 18.0 Å². The smallest absolute Gasteiger partial charge is 0.422 e. The van der Waals surface area contributed by atoms with Crippen LogP contribution in [0.1, 0.15) is 5.56 Å². The minimum absolute atomic E-state index is 0.0215. The first-order valence-electron chi connectivity index (χ1n) is 4.87. The van der Waals surface area contributed by atoms with Gasteiger partial charge < -0.3 is 14.8 Å². The number of amides is 1. The van der Waals surface area contributed by atoms with Crippen molar-refractivity contribution in [1.29, 1.82) is 0 Å². The molecule has 5 nitrogen and oxygen atoms in total. The van der Waals surface area contributed by atoms with E-state index in [1.807, 2.05) is 0 Å². The standard InChI is InChI=1S/C10H11F3N2O3/c1-17-8-3-2-7(4-14-8)5-15-9(16)18-6-10(11,12)13/h2-4H,5-6H2,1H3,(H,15,16). The van der Waals surface area contributed by atoms with Crippen molar-refractivity contribution in [3.05, 3.63) is 23.9 Å². The maximum absolute atomic E-state index is 11.7. The van der Waals surface area contributed by atoms with E-state index < -0.39 is 18.9 Å². The molecular weight excluding hydrogens is 253 g/mol. The molecule has 0 aliphatic rings. The highest BCUT2D eigenvalue weighted by Crippen LogP contribution is 2.14. The van der Waals surface area contributed by atoms with Crippen molar-refractivity contribution in [2.45, 2.75) is 12.7 Å². The number of alkyl carbamates (subject to hydrolysis) is 1. The summed E-state index contributed by atoms with van der Waals surface area (Å²) in [5, 5.41) is 2.17. The molecule has 0 saturated carbocycles. The Hall–Kier alpha value is -1.99. The fourth-order valence-electron chi connectivity index (χ4n) is 1.01. The van der Waals surface area contributed by atoms with Crippen molar-refractivity contribution in [3.8, 4) is 5.88 Å².